The van der Waals surface area contributed by atoms with Crippen LogP contribution in [0.1, 0.15) is 11.6 Å². The molecule has 1 atom stereocenters. The molecule has 0 aliphatic rings. The van der Waals surface area contributed by atoms with Crippen molar-refractivity contribution in [3.05, 3.63) is 52.6 Å². The average Bonchev–Trinajstić information content (AvgIpc) is 2.47. The van der Waals surface area contributed by atoms with Gasteiger partial charge in [0.15, 0.2) is 0 Å². The average molecular weight is 318 g/mol. The van der Waals surface area contributed by atoms with Gasteiger partial charge in [-0.1, -0.05) is 15.9 Å². The van der Waals surface area contributed by atoms with Gasteiger partial charge >= 0.3 is 0 Å². The fourth-order valence-corrected chi connectivity index (χ4v) is 1.85. The second-order valence-electron chi connectivity index (χ2n) is 3.85. The summed E-state index contributed by atoms with van der Waals surface area (Å²) in [5.74, 6) is 0.532. The number of anilines is 1. The predicted molar refractivity (Wildman–Crippen MR) is 76.9 cm³/mol. The topological polar surface area (TPSA) is 57.9 Å². The Morgan fingerprint density at radius 1 is 1.26 bits per heavy atom. The van der Waals surface area contributed by atoms with Crippen LogP contribution in [0, 0.1) is 11.3 Å². The van der Waals surface area contributed by atoms with Crippen molar-refractivity contribution < 1.29 is 4.74 Å². The van der Waals surface area contributed by atoms with Crippen molar-refractivity contribution in [1.29, 1.82) is 5.26 Å². The van der Waals surface area contributed by atoms with Gasteiger partial charge in [-0.25, -0.2) is 4.98 Å². The number of hydrogen-bond donors (Lipinski definition) is 1. The van der Waals surface area contributed by atoms with Crippen molar-refractivity contribution in [2.24, 2.45) is 0 Å². The van der Waals surface area contributed by atoms with Gasteiger partial charge in [-0.05, 0) is 30.3 Å². The molecular formula is C14H12BrN3O. The van der Waals surface area contributed by atoms with E-state index in [-0.39, 0.29) is 0 Å². The molecule has 4 nitrogen and oxygen atoms in total. The Kier molecular flexibility index (Phi) is 4.37. The number of nitrogens with one attached hydrogen (secondary N) is 1. The van der Waals surface area contributed by atoms with Crippen LogP contribution in [0.4, 0.5) is 5.69 Å². The summed E-state index contributed by atoms with van der Waals surface area (Å²) in [6, 6.07) is 13.0. The first-order valence-electron chi connectivity index (χ1n) is 5.64. The molecular weight excluding hydrogens is 306 g/mol. The second kappa shape index (κ2) is 6.21. The Morgan fingerprint density at radius 2 is 2.00 bits per heavy atom. The van der Waals surface area contributed by atoms with Crippen LogP contribution in [0.25, 0.3) is 0 Å². The van der Waals surface area contributed by atoms with E-state index in [1.165, 1.54) is 0 Å². The minimum absolute atomic E-state index is 0.445. The minimum atomic E-state index is -0.445. The highest BCUT2D eigenvalue weighted by molar-refractivity contribution is 9.10. The lowest BCUT2D eigenvalue weighted by molar-refractivity contribution is 0.397. The standard InChI is InChI=1S/C14H12BrN3O/c1-19-14-7-2-10(9-17-14)13(8-16)18-12-5-3-11(15)4-6-12/h2-7,9,13,18H,1H3. The summed E-state index contributed by atoms with van der Waals surface area (Å²) < 4.78 is 5.99. The van der Waals surface area contributed by atoms with E-state index in [4.69, 9.17) is 4.74 Å². The number of ether oxygens (including phenoxy) is 1. The van der Waals surface area contributed by atoms with Crippen molar-refractivity contribution in [3.63, 3.8) is 0 Å². The zero-order chi connectivity index (χ0) is 13.7. The smallest absolute Gasteiger partial charge is 0.212 e. The maximum atomic E-state index is 9.24. The lowest BCUT2D eigenvalue weighted by atomic mass is 10.1. The summed E-state index contributed by atoms with van der Waals surface area (Å²) in [5, 5.41) is 12.4. The van der Waals surface area contributed by atoms with Crippen molar-refractivity contribution >= 4 is 21.6 Å². The van der Waals surface area contributed by atoms with Crippen molar-refractivity contribution in [2.45, 2.75) is 6.04 Å². The molecule has 2 aromatic rings. The third kappa shape index (κ3) is 3.46. The number of aromatic nitrogens is 1. The first-order chi connectivity index (χ1) is 9.22. The van der Waals surface area contributed by atoms with Crippen LogP contribution in [0.15, 0.2) is 47.1 Å². The maximum Gasteiger partial charge on any atom is 0.212 e. The second-order valence-corrected chi connectivity index (χ2v) is 4.76. The third-order valence-electron chi connectivity index (χ3n) is 2.59. The van der Waals surface area contributed by atoms with Crippen molar-refractivity contribution in [1.82, 2.24) is 4.98 Å². The van der Waals surface area contributed by atoms with E-state index in [1.807, 2.05) is 30.3 Å². The van der Waals surface area contributed by atoms with E-state index in [9.17, 15) is 5.26 Å². The van der Waals surface area contributed by atoms with Crippen LogP contribution in [0.3, 0.4) is 0 Å². The summed E-state index contributed by atoms with van der Waals surface area (Å²) in [6.45, 7) is 0. The quantitative estimate of drug-likeness (QED) is 0.937. The van der Waals surface area contributed by atoms with E-state index in [2.05, 4.69) is 32.3 Å². The zero-order valence-corrected chi connectivity index (χ0v) is 11.9. The molecule has 19 heavy (non-hydrogen) atoms. The molecule has 0 fully saturated rings. The van der Waals surface area contributed by atoms with E-state index >= 15 is 0 Å². The number of rotatable bonds is 4. The zero-order valence-electron chi connectivity index (χ0n) is 10.3. The van der Waals surface area contributed by atoms with Crippen molar-refractivity contribution in [3.8, 4) is 11.9 Å². The summed E-state index contributed by atoms with van der Waals surface area (Å²) in [4.78, 5) is 4.10. The normalized spacial score (nSPS) is 11.4. The fourth-order valence-electron chi connectivity index (χ4n) is 1.59. The molecule has 0 aliphatic heterocycles. The molecule has 0 radical (unpaired) electrons. The summed E-state index contributed by atoms with van der Waals surface area (Å²) in [7, 11) is 1.56. The van der Waals surface area contributed by atoms with Gasteiger partial charge in [0.25, 0.3) is 0 Å². The molecule has 1 unspecified atom stereocenters. The van der Waals surface area contributed by atoms with Gasteiger partial charge in [0, 0.05) is 28.0 Å². The monoisotopic (exact) mass is 317 g/mol. The highest BCUT2D eigenvalue weighted by Crippen LogP contribution is 2.21. The van der Waals surface area contributed by atoms with Crippen LogP contribution < -0.4 is 10.1 Å². The number of nitriles is 1. The van der Waals surface area contributed by atoms with Crippen LogP contribution in [-0.4, -0.2) is 12.1 Å². The van der Waals surface area contributed by atoms with Crippen LogP contribution in [-0.2, 0) is 0 Å². The first kappa shape index (κ1) is 13.4. The Bertz CT molecular complexity index is 575. The summed E-state index contributed by atoms with van der Waals surface area (Å²) >= 11 is 3.37. The van der Waals surface area contributed by atoms with Gasteiger partial charge in [0.05, 0.1) is 13.2 Å². The lowest BCUT2D eigenvalue weighted by Gasteiger charge is -2.13. The number of pyridine rings is 1. The molecule has 0 saturated carbocycles. The van der Waals surface area contributed by atoms with Crippen LogP contribution in [0.2, 0.25) is 0 Å². The Labute approximate surface area is 120 Å². The molecule has 1 N–H and O–H groups in total. The highest BCUT2D eigenvalue weighted by atomic mass is 79.9. The lowest BCUT2D eigenvalue weighted by Crippen LogP contribution is -2.08. The molecule has 1 aromatic heterocycles. The van der Waals surface area contributed by atoms with Gasteiger partial charge in [-0.2, -0.15) is 5.26 Å². The Morgan fingerprint density at radius 3 is 2.53 bits per heavy atom. The molecule has 0 amide bonds. The largest absolute Gasteiger partial charge is 0.481 e. The molecule has 5 heteroatoms. The molecule has 0 spiro atoms. The van der Waals surface area contributed by atoms with Gasteiger partial charge in [0.2, 0.25) is 5.88 Å². The van der Waals surface area contributed by atoms with Gasteiger partial charge < -0.3 is 10.1 Å². The van der Waals surface area contributed by atoms with Crippen LogP contribution in [0.5, 0.6) is 5.88 Å². The van der Waals surface area contributed by atoms with Gasteiger partial charge in [0.1, 0.15) is 6.04 Å². The molecule has 0 saturated heterocycles. The van der Waals surface area contributed by atoms with E-state index in [1.54, 1.807) is 19.4 Å². The number of benzene rings is 1. The number of methoxy groups -OCH3 is 1. The van der Waals surface area contributed by atoms with Gasteiger partial charge in [-0.15, -0.1) is 0 Å². The van der Waals surface area contributed by atoms with E-state index < -0.39 is 6.04 Å². The maximum absolute atomic E-state index is 9.24. The molecule has 2 rings (SSSR count). The Balaban J connectivity index is 2.15. The summed E-state index contributed by atoms with van der Waals surface area (Å²) in [6.07, 6.45) is 1.64. The molecule has 1 aromatic carbocycles. The minimum Gasteiger partial charge on any atom is -0.481 e. The summed E-state index contributed by atoms with van der Waals surface area (Å²) in [5.41, 5.74) is 1.68. The predicted octanol–water partition coefficient (Wildman–Crippen LogP) is 3.53. The molecule has 1 heterocycles. The Hall–Kier alpha value is -2.06. The van der Waals surface area contributed by atoms with Crippen molar-refractivity contribution in [2.75, 3.05) is 12.4 Å². The molecule has 0 bridgehead atoms. The number of halogens is 1. The number of nitrogens with zero attached hydrogens (tertiary/aromatic N) is 2. The molecule has 0 aliphatic carbocycles. The SMILES string of the molecule is COc1ccc(C(C#N)Nc2ccc(Br)cc2)cn1. The van der Waals surface area contributed by atoms with E-state index in [0.29, 0.717) is 5.88 Å². The molecule has 96 valence electrons. The van der Waals surface area contributed by atoms with Gasteiger partial charge in [-0.3, -0.25) is 0 Å². The highest BCUT2D eigenvalue weighted by Gasteiger charge is 2.10. The third-order valence-corrected chi connectivity index (χ3v) is 3.11. The number of hydrogen-bond acceptors (Lipinski definition) is 4. The fraction of sp³-hybridized carbons (Fsp3) is 0.143. The van der Waals surface area contributed by atoms with E-state index in [0.717, 1.165) is 15.7 Å². The van der Waals surface area contributed by atoms with Crippen LogP contribution >= 0.6 is 15.9 Å². The first-order valence-corrected chi connectivity index (χ1v) is 6.44.